The molecule has 1 aliphatic heterocycles. The minimum atomic E-state index is -0.0980. The van der Waals surface area contributed by atoms with Gasteiger partial charge in [0, 0.05) is 21.5 Å². The molecule has 2 atom stereocenters. The van der Waals surface area contributed by atoms with Crippen molar-refractivity contribution >= 4 is 27.7 Å². The molecule has 1 N–H and O–H groups in total. The maximum Gasteiger partial charge on any atom is 0.137 e. The van der Waals surface area contributed by atoms with Crippen LogP contribution in [-0.2, 0) is 0 Å². The first kappa shape index (κ1) is 15.1. The van der Waals surface area contributed by atoms with Gasteiger partial charge in [0.05, 0.1) is 0 Å². The van der Waals surface area contributed by atoms with Crippen LogP contribution in [0.15, 0.2) is 51.8 Å². The zero-order chi connectivity index (χ0) is 14.8. The normalized spacial score (nSPS) is 19.1. The Labute approximate surface area is 137 Å². The van der Waals surface area contributed by atoms with Gasteiger partial charge in [-0.2, -0.15) is 0 Å². The molecule has 0 aromatic heterocycles. The van der Waals surface area contributed by atoms with Gasteiger partial charge in [0.1, 0.15) is 5.82 Å². The Morgan fingerprint density at radius 3 is 2.90 bits per heavy atom. The zero-order valence-electron chi connectivity index (χ0n) is 11.8. The van der Waals surface area contributed by atoms with E-state index in [1.54, 1.807) is 23.9 Å². The molecule has 1 unspecified atom stereocenters. The third kappa shape index (κ3) is 3.33. The van der Waals surface area contributed by atoms with Crippen LogP contribution < -0.4 is 5.32 Å². The second-order valence-electron chi connectivity index (χ2n) is 5.29. The van der Waals surface area contributed by atoms with E-state index in [9.17, 15) is 4.39 Å². The highest BCUT2D eigenvalue weighted by atomic mass is 79.9. The molecule has 0 radical (unpaired) electrons. The number of hydrogen-bond donors (Lipinski definition) is 1. The van der Waals surface area contributed by atoms with Crippen LogP contribution in [0, 0.1) is 5.82 Å². The number of rotatable bonds is 3. The van der Waals surface area contributed by atoms with E-state index < -0.39 is 0 Å². The van der Waals surface area contributed by atoms with E-state index in [1.807, 2.05) is 18.2 Å². The summed E-state index contributed by atoms with van der Waals surface area (Å²) < 4.78 is 15.0. The van der Waals surface area contributed by atoms with Crippen molar-refractivity contribution < 1.29 is 4.39 Å². The molecular weight excluding hydrogens is 349 g/mol. The fourth-order valence-corrected chi connectivity index (χ4v) is 4.29. The SMILES string of the molecule is C[C@@H](NC1CCSc2c(F)cccc21)c1cccc(Br)c1. The predicted molar refractivity (Wildman–Crippen MR) is 90.2 cm³/mol. The summed E-state index contributed by atoms with van der Waals surface area (Å²) in [4.78, 5) is 0.808. The summed E-state index contributed by atoms with van der Waals surface area (Å²) in [6.07, 6.45) is 1.03. The Morgan fingerprint density at radius 2 is 2.10 bits per heavy atom. The van der Waals surface area contributed by atoms with Gasteiger partial charge in [0.2, 0.25) is 0 Å². The second kappa shape index (κ2) is 6.51. The Hall–Kier alpha value is -0.840. The lowest BCUT2D eigenvalue weighted by Crippen LogP contribution is -2.27. The lowest BCUT2D eigenvalue weighted by atomic mass is 10.0. The third-order valence-corrected chi connectivity index (χ3v) is 5.48. The first-order chi connectivity index (χ1) is 10.1. The molecule has 110 valence electrons. The number of nitrogens with one attached hydrogen (secondary N) is 1. The molecule has 4 heteroatoms. The van der Waals surface area contributed by atoms with Crippen LogP contribution in [-0.4, -0.2) is 5.75 Å². The van der Waals surface area contributed by atoms with Crippen LogP contribution in [0.4, 0.5) is 4.39 Å². The van der Waals surface area contributed by atoms with E-state index in [2.05, 4.69) is 40.3 Å². The summed E-state index contributed by atoms with van der Waals surface area (Å²) in [5.41, 5.74) is 2.33. The fraction of sp³-hybridized carbons (Fsp3) is 0.294. The molecule has 0 saturated carbocycles. The van der Waals surface area contributed by atoms with Crippen molar-refractivity contribution in [3.8, 4) is 0 Å². The smallest absolute Gasteiger partial charge is 0.137 e. The number of hydrogen-bond acceptors (Lipinski definition) is 2. The standard InChI is InChI=1S/C17H17BrFNS/c1-11(12-4-2-5-13(18)10-12)20-16-8-9-21-17-14(16)6-3-7-15(17)19/h2-7,10-11,16,20H,8-9H2,1H3/t11-,16?/m1/s1. The summed E-state index contributed by atoms with van der Waals surface area (Å²) in [7, 11) is 0. The second-order valence-corrected chi connectivity index (χ2v) is 7.31. The Bertz CT molecular complexity index is 646. The topological polar surface area (TPSA) is 12.0 Å². The van der Waals surface area contributed by atoms with E-state index in [0.29, 0.717) is 0 Å². The molecule has 0 fully saturated rings. The van der Waals surface area contributed by atoms with Gasteiger partial charge in [0.25, 0.3) is 0 Å². The lowest BCUT2D eigenvalue weighted by molar-refractivity contribution is 0.444. The average molecular weight is 366 g/mol. The summed E-state index contributed by atoms with van der Waals surface area (Å²) in [5.74, 6) is 0.857. The molecule has 0 saturated heterocycles. The van der Waals surface area contributed by atoms with Crippen molar-refractivity contribution in [1.82, 2.24) is 5.32 Å². The largest absolute Gasteiger partial charge is 0.303 e. The minimum absolute atomic E-state index is 0.0980. The quantitative estimate of drug-likeness (QED) is 0.772. The Balaban J connectivity index is 1.82. The van der Waals surface area contributed by atoms with Gasteiger partial charge in [-0.25, -0.2) is 4.39 Å². The minimum Gasteiger partial charge on any atom is -0.303 e. The molecule has 0 amide bonds. The number of halogens is 2. The van der Waals surface area contributed by atoms with Gasteiger partial charge in [0.15, 0.2) is 0 Å². The zero-order valence-corrected chi connectivity index (χ0v) is 14.2. The molecule has 0 spiro atoms. The maximum atomic E-state index is 13.9. The highest BCUT2D eigenvalue weighted by molar-refractivity contribution is 9.10. The monoisotopic (exact) mass is 365 g/mol. The number of thioether (sulfide) groups is 1. The summed E-state index contributed by atoms with van der Waals surface area (Å²) >= 11 is 5.13. The average Bonchev–Trinajstić information content (AvgIpc) is 2.48. The molecular formula is C17H17BrFNS. The van der Waals surface area contributed by atoms with E-state index >= 15 is 0 Å². The van der Waals surface area contributed by atoms with Gasteiger partial charge >= 0.3 is 0 Å². The van der Waals surface area contributed by atoms with Crippen LogP contribution in [0.5, 0.6) is 0 Å². The fourth-order valence-electron chi connectivity index (χ4n) is 2.73. The van der Waals surface area contributed by atoms with Crippen molar-refractivity contribution in [3.05, 3.63) is 63.9 Å². The van der Waals surface area contributed by atoms with E-state index in [1.165, 1.54) is 5.56 Å². The van der Waals surface area contributed by atoms with Gasteiger partial charge in [-0.05, 0) is 48.4 Å². The molecule has 21 heavy (non-hydrogen) atoms. The highest BCUT2D eigenvalue weighted by Gasteiger charge is 2.24. The van der Waals surface area contributed by atoms with Crippen molar-refractivity contribution in [2.75, 3.05) is 5.75 Å². The Kier molecular flexibility index (Phi) is 4.67. The van der Waals surface area contributed by atoms with Gasteiger partial charge in [-0.15, -0.1) is 11.8 Å². The third-order valence-electron chi connectivity index (χ3n) is 3.83. The molecule has 1 aliphatic rings. The molecule has 1 heterocycles. The van der Waals surface area contributed by atoms with Crippen LogP contribution in [0.3, 0.4) is 0 Å². The van der Waals surface area contributed by atoms with Crippen molar-refractivity contribution in [2.24, 2.45) is 0 Å². The van der Waals surface area contributed by atoms with Crippen LogP contribution in [0.2, 0.25) is 0 Å². The molecule has 1 nitrogen and oxygen atoms in total. The summed E-state index contributed by atoms with van der Waals surface area (Å²) in [6, 6.07) is 14.1. The van der Waals surface area contributed by atoms with Gasteiger partial charge in [-0.3, -0.25) is 0 Å². The van der Waals surface area contributed by atoms with E-state index in [4.69, 9.17) is 0 Å². The first-order valence-corrected chi connectivity index (χ1v) is 8.86. The van der Waals surface area contributed by atoms with Gasteiger partial charge in [-0.1, -0.05) is 40.2 Å². The summed E-state index contributed by atoms with van der Waals surface area (Å²) in [6.45, 7) is 2.16. The maximum absolute atomic E-state index is 13.9. The molecule has 2 aromatic rings. The van der Waals surface area contributed by atoms with Crippen LogP contribution >= 0.6 is 27.7 Å². The van der Waals surface area contributed by atoms with Crippen LogP contribution in [0.1, 0.15) is 36.6 Å². The highest BCUT2D eigenvalue weighted by Crippen LogP contribution is 2.38. The predicted octanol–water partition coefficient (Wildman–Crippen LogP) is 5.48. The Morgan fingerprint density at radius 1 is 1.29 bits per heavy atom. The molecule has 0 aliphatic carbocycles. The number of benzene rings is 2. The lowest BCUT2D eigenvalue weighted by Gasteiger charge is -2.29. The van der Waals surface area contributed by atoms with E-state index in [0.717, 1.165) is 27.1 Å². The molecule has 3 rings (SSSR count). The molecule has 0 bridgehead atoms. The molecule has 2 aromatic carbocycles. The van der Waals surface area contributed by atoms with Crippen LogP contribution in [0.25, 0.3) is 0 Å². The number of fused-ring (bicyclic) bond motifs is 1. The van der Waals surface area contributed by atoms with E-state index in [-0.39, 0.29) is 17.9 Å². The first-order valence-electron chi connectivity index (χ1n) is 7.08. The summed E-state index contributed by atoms with van der Waals surface area (Å²) in [5, 5.41) is 3.64. The van der Waals surface area contributed by atoms with Crippen molar-refractivity contribution in [2.45, 2.75) is 30.3 Å². The van der Waals surface area contributed by atoms with Gasteiger partial charge < -0.3 is 5.32 Å². The van der Waals surface area contributed by atoms with Crippen molar-refractivity contribution in [1.29, 1.82) is 0 Å². The van der Waals surface area contributed by atoms with Crippen molar-refractivity contribution in [3.63, 3.8) is 0 Å².